The van der Waals surface area contributed by atoms with Crippen LogP contribution in [0.5, 0.6) is 0 Å². The van der Waals surface area contributed by atoms with E-state index in [9.17, 15) is 14.5 Å². The molecule has 0 aliphatic rings. The Bertz CT molecular complexity index is 647. The molecule has 0 amide bonds. The first-order valence-electron chi connectivity index (χ1n) is 5.59. The fourth-order valence-corrected chi connectivity index (χ4v) is 2.36. The molecule has 0 bridgehead atoms. The third kappa shape index (κ3) is 3.26. The summed E-state index contributed by atoms with van der Waals surface area (Å²) in [6, 6.07) is 8.93. The van der Waals surface area contributed by atoms with Crippen molar-refractivity contribution in [2.24, 2.45) is 0 Å². The maximum atomic E-state index is 13.6. The Hall–Kier alpha value is -1.66. The number of nitro benzene ring substituents is 1. The first-order chi connectivity index (χ1) is 9.49. The van der Waals surface area contributed by atoms with Gasteiger partial charge in [0.25, 0.3) is 5.69 Å². The van der Waals surface area contributed by atoms with Crippen LogP contribution in [0.1, 0.15) is 5.56 Å². The van der Waals surface area contributed by atoms with E-state index in [2.05, 4.69) is 21.2 Å². The maximum Gasteiger partial charge on any atom is 0.275 e. The van der Waals surface area contributed by atoms with Crippen LogP contribution in [-0.4, -0.2) is 4.92 Å². The molecule has 2 aromatic rings. The van der Waals surface area contributed by atoms with E-state index in [1.165, 1.54) is 12.1 Å². The van der Waals surface area contributed by atoms with Gasteiger partial charge in [0.05, 0.1) is 10.6 Å². The zero-order valence-corrected chi connectivity index (χ0v) is 12.4. The number of hydrogen-bond acceptors (Lipinski definition) is 3. The molecule has 0 saturated heterocycles. The highest BCUT2D eigenvalue weighted by Gasteiger charge is 2.15. The van der Waals surface area contributed by atoms with Crippen LogP contribution in [0.3, 0.4) is 0 Å². The molecular formula is C13H9BrClFN2O2. The molecule has 104 valence electrons. The molecule has 4 nitrogen and oxygen atoms in total. The van der Waals surface area contributed by atoms with Crippen LogP contribution in [0.25, 0.3) is 0 Å². The summed E-state index contributed by atoms with van der Waals surface area (Å²) in [5.74, 6) is -0.434. The lowest BCUT2D eigenvalue weighted by Gasteiger charge is -2.10. The standard InChI is InChI=1S/C13H9BrClFN2O2/c14-10-2-1-3-11(16)13(10)17-7-8-4-5-9(15)6-12(8)18(19)20/h1-6,17H,7H2. The Morgan fingerprint density at radius 1 is 1.35 bits per heavy atom. The largest absolute Gasteiger partial charge is 0.377 e. The number of rotatable bonds is 4. The Kier molecular flexibility index (Phi) is 4.57. The molecule has 0 aliphatic carbocycles. The third-order valence-corrected chi connectivity index (χ3v) is 3.56. The number of hydrogen-bond donors (Lipinski definition) is 1. The molecule has 0 saturated carbocycles. The summed E-state index contributed by atoms with van der Waals surface area (Å²) in [6.45, 7) is 0.118. The van der Waals surface area contributed by atoms with Gasteiger partial charge in [-0.05, 0) is 40.2 Å². The summed E-state index contributed by atoms with van der Waals surface area (Å²) in [4.78, 5) is 10.4. The van der Waals surface area contributed by atoms with Crippen molar-refractivity contribution in [2.45, 2.75) is 6.54 Å². The highest BCUT2D eigenvalue weighted by atomic mass is 79.9. The molecule has 0 heterocycles. The van der Waals surface area contributed by atoms with Crippen LogP contribution >= 0.6 is 27.5 Å². The van der Waals surface area contributed by atoms with E-state index >= 15 is 0 Å². The number of anilines is 1. The number of para-hydroxylation sites is 1. The molecular weight excluding hydrogens is 351 g/mol. The summed E-state index contributed by atoms with van der Waals surface area (Å²) in [5, 5.41) is 14.1. The molecule has 0 unspecified atom stereocenters. The van der Waals surface area contributed by atoms with Gasteiger partial charge in [-0.3, -0.25) is 10.1 Å². The topological polar surface area (TPSA) is 55.2 Å². The summed E-state index contributed by atoms with van der Waals surface area (Å²) >= 11 is 8.96. The van der Waals surface area contributed by atoms with Gasteiger partial charge < -0.3 is 5.32 Å². The normalized spacial score (nSPS) is 10.3. The molecule has 0 fully saturated rings. The van der Waals surface area contributed by atoms with Crippen LogP contribution < -0.4 is 5.32 Å². The Morgan fingerprint density at radius 3 is 2.75 bits per heavy atom. The lowest BCUT2D eigenvalue weighted by molar-refractivity contribution is -0.385. The van der Waals surface area contributed by atoms with Gasteiger partial charge in [0.15, 0.2) is 0 Å². The van der Waals surface area contributed by atoms with Crippen molar-refractivity contribution >= 4 is 38.9 Å². The molecule has 7 heteroatoms. The predicted octanol–water partition coefficient (Wildman–Crippen LogP) is 4.76. The summed E-state index contributed by atoms with van der Waals surface area (Å²) in [5.41, 5.74) is 0.587. The Morgan fingerprint density at radius 2 is 2.10 bits per heavy atom. The number of nitrogens with zero attached hydrogens (tertiary/aromatic N) is 1. The van der Waals surface area contributed by atoms with Gasteiger partial charge in [0.1, 0.15) is 5.82 Å². The summed E-state index contributed by atoms with van der Waals surface area (Å²) < 4.78 is 14.2. The van der Waals surface area contributed by atoms with Crippen molar-refractivity contribution in [1.29, 1.82) is 0 Å². The average Bonchev–Trinajstić information content (AvgIpc) is 2.39. The van der Waals surface area contributed by atoms with Crippen LogP contribution in [0.4, 0.5) is 15.8 Å². The molecule has 20 heavy (non-hydrogen) atoms. The minimum atomic E-state index is -0.515. The number of nitrogens with one attached hydrogen (secondary N) is 1. The van der Waals surface area contributed by atoms with E-state index in [0.717, 1.165) is 0 Å². The van der Waals surface area contributed by atoms with Crippen molar-refractivity contribution in [2.75, 3.05) is 5.32 Å². The monoisotopic (exact) mass is 358 g/mol. The molecule has 1 N–H and O–H groups in total. The SMILES string of the molecule is O=[N+]([O-])c1cc(Cl)ccc1CNc1c(F)cccc1Br. The van der Waals surface area contributed by atoms with Crippen molar-refractivity contribution in [3.63, 3.8) is 0 Å². The molecule has 2 rings (SSSR count). The van der Waals surface area contributed by atoms with E-state index in [1.54, 1.807) is 24.3 Å². The van der Waals surface area contributed by atoms with Crippen molar-refractivity contribution in [3.05, 3.63) is 67.4 Å². The predicted molar refractivity (Wildman–Crippen MR) is 79.5 cm³/mol. The van der Waals surface area contributed by atoms with E-state index in [0.29, 0.717) is 10.0 Å². The number of benzene rings is 2. The second kappa shape index (κ2) is 6.19. The second-order valence-corrected chi connectivity index (χ2v) is 5.27. The van der Waals surface area contributed by atoms with Crippen LogP contribution in [0.2, 0.25) is 5.02 Å². The number of halogens is 3. The van der Waals surface area contributed by atoms with Gasteiger partial charge in [-0.1, -0.05) is 17.7 Å². The van der Waals surface area contributed by atoms with Gasteiger partial charge in [-0.15, -0.1) is 0 Å². The Balaban J connectivity index is 2.25. The van der Waals surface area contributed by atoms with Crippen molar-refractivity contribution < 1.29 is 9.31 Å². The first kappa shape index (κ1) is 14.7. The molecule has 0 aromatic heterocycles. The fraction of sp³-hybridized carbons (Fsp3) is 0.0769. The molecule has 0 atom stereocenters. The highest BCUT2D eigenvalue weighted by molar-refractivity contribution is 9.10. The fourth-order valence-electron chi connectivity index (χ4n) is 1.71. The quantitative estimate of drug-likeness (QED) is 0.632. The molecule has 0 radical (unpaired) electrons. The van der Waals surface area contributed by atoms with Crippen molar-refractivity contribution in [3.8, 4) is 0 Å². The smallest absolute Gasteiger partial charge is 0.275 e. The molecule has 2 aromatic carbocycles. The van der Waals surface area contributed by atoms with Gasteiger partial charge in [0.2, 0.25) is 0 Å². The van der Waals surface area contributed by atoms with E-state index < -0.39 is 10.7 Å². The van der Waals surface area contributed by atoms with E-state index in [4.69, 9.17) is 11.6 Å². The van der Waals surface area contributed by atoms with Gasteiger partial charge >= 0.3 is 0 Å². The van der Waals surface area contributed by atoms with E-state index in [1.807, 2.05) is 0 Å². The van der Waals surface area contributed by atoms with Crippen LogP contribution in [0.15, 0.2) is 40.9 Å². The van der Waals surface area contributed by atoms with Crippen molar-refractivity contribution in [1.82, 2.24) is 0 Å². The third-order valence-electron chi connectivity index (χ3n) is 2.66. The Labute approximate surface area is 127 Å². The molecule has 0 spiro atoms. The first-order valence-corrected chi connectivity index (χ1v) is 6.77. The van der Waals surface area contributed by atoms with Gasteiger partial charge in [-0.2, -0.15) is 0 Å². The zero-order valence-electron chi connectivity index (χ0n) is 10.1. The second-order valence-electron chi connectivity index (χ2n) is 3.98. The van der Waals surface area contributed by atoms with Gasteiger partial charge in [-0.25, -0.2) is 4.39 Å². The summed E-state index contributed by atoms with van der Waals surface area (Å²) in [6.07, 6.45) is 0. The minimum absolute atomic E-state index is 0.0996. The lowest BCUT2D eigenvalue weighted by atomic mass is 10.1. The molecule has 0 aliphatic heterocycles. The van der Waals surface area contributed by atoms with Crippen LogP contribution in [0, 0.1) is 15.9 Å². The lowest BCUT2D eigenvalue weighted by Crippen LogP contribution is -2.05. The van der Waals surface area contributed by atoms with Gasteiger partial charge in [0, 0.05) is 27.7 Å². The minimum Gasteiger partial charge on any atom is -0.377 e. The zero-order chi connectivity index (χ0) is 14.7. The maximum absolute atomic E-state index is 13.6. The number of nitro groups is 1. The summed E-state index contributed by atoms with van der Waals surface area (Å²) in [7, 11) is 0. The van der Waals surface area contributed by atoms with Crippen LogP contribution in [-0.2, 0) is 6.54 Å². The highest BCUT2D eigenvalue weighted by Crippen LogP contribution is 2.28. The van der Waals surface area contributed by atoms with E-state index in [-0.39, 0.29) is 22.9 Å². The average molecular weight is 360 g/mol.